The number of benzene rings is 2. The molecule has 1 aliphatic heterocycles. The molecule has 3 N–H and O–H groups in total. The molecule has 0 spiro atoms. The molecule has 0 amide bonds. The molecular weight excluding hydrogens is 312 g/mol. The average molecular weight is 334 g/mol. The zero-order valence-corrected chi connectivity index (χ0v) is 14.1. The van der Waals surface area contributed by atoms with Gasteiger partial charge in [-0.25, -0.2) is 9.97 Å². The molecule has 3 aromatic rings. The summed E-state index contributed by atoms with van der Waals surface area (Å²) in [5.74, 6) is 0.734. The molecule has 1 fully saturated rings. The maximum absolute atomic E-state index is 9.47. The van der Waals surface area contributed by atoms with E-state index in [2.05, 4.69) is 23.1 Å². The van der Waals surface area contributed by atoms with Gasteiger partial charge in [0.15, 0.2) is 0 Å². The van der Waals surface area contributed by atoms with Crippen molar-refractivity contribution in [1.82, 2.24) is 9.97 Å². The lowest BCUT2D eigenvalue weighted by Gasteiger charge is -2.38. The summed E-state index contributed by atoms with van der Waals surface area (Å²) in [4.78, 5) is 11.8. The van der Waals surface area contributed by atoms with Crippen molar-refractivity contribution in [2.75, 3.05) is 24.6 Å². The molecule has 1 aromatic heterocycles. The second-order valence-electron chi connectivity index (χ2n) is 6.76. The SMILES string of the molecule is NC1(CO)CCN(c2nc(-c3ccccc3)c3ccccc3n2)CC1. The number of rotatable bonds is 3. The van der Waals surface area contributed by atoms with Crippen LogP contribution < -0.4 is 10.6 Å². The van der Waals surface area contributed by atoms with Crippen molar-refractivity contribution < 1.29 is 5.11 Å². The van der Waals surface area contributed by atoms with E-state index in [0.717, 1.165) is 54.0 Å². The fourth-order valence-electron chi connectivity index (χ4n) is 3.33. The van der Waals surface area contributed by atoms with E-state index in [1.165, 1.54) is 0 Å². The Balaban J connectivity index is 1.76. The van der Waals surface area contributed by atoms with Crippen molar-refractivity contribution in [2.24, 2.45) is 5.73 Å². The van der Waals surface area contributed by atoms with E-state index >= 15 is 0 Å². The van der Waals surface area contributed by atoms with Crippen LogP contribution in [0.1, 0.15) is 12.8 Å². The summed E-state index contributed by atoms with van der Waals surface area (Å²) < 4.78 is 0. The van der Waals surface area contributed by atoms with Crippen LogP contribution in [0.4, 0.5) is 5.95 Å². The number of aliphatic hydroxyl groups is 1. The number of nitrogens with zero attached hydrogens (tertiary/aromatic N) is 3. The zero-order chi connectivity index (χ0) is 17.3. The Kier molecular flexibility index (Phi) is 4.11. The average Bonchev–Trinajstić information content (AvgIpc) is 2.68. The Morgan fingerprint density at radius 1 is 0.960 bits per heavy atom. The Hall–Kier alpha value is -2.50. The molecule has 1 aliphatic rings. The predicted molar refractivity (Wildman–Crippen MR) is 100 cm³/mol. The summed E-state index contributed by atoms with van der Waals surface area (Å²) in [6.45, 7) is 1.53. The van der Waals surface area contributed by atoms with Gasteiger partial charge >= 0.3 is 0 Å². The number of anilines is 1. The molecular formula is C20H22N4O. The maximum atomic E-state index is 9.47. The van der Waals surface area contributed by atoms with Crippen LogP contribution >= 0.6 is 0 Å². The van der Waals surface area contributed by atoms with E-state index in [1.54, 1.807) is 0 Å². The van der Waals surface area contributed by atoms with Crippen LogP contribution in [0.5, 0.6) is 0 Å². The zero-order valence-electron chi connectivity index (χ0n) is 14.1. The van der Waals surface area contributed by atoms with Crippen LogP contribution in [0.2, 0.25) is 0 Å². The third kappa shape index (κ3) is 3.08. The van der Waals surface area contributed by atoms with Gasteiger partial charge in [0, 0.05) is 29.6 Å². The topological polar surface area (TPSA) is 75.3 Å². The fourth-order valence-corrected chi connectivity index (χ4v) is 3.33. The number of fused-ring (bicyclic) bond motifs is 1. The van der Waals surface area contributed by atoms with E-state index in [0.29, 0.717) is 0 Å². The van der Waals surface area contributed by atoms with Gasteiger partial charge in [-0.3, -0.25) is 0 Å². The molecule has 4 rings (SSSR count). The van der Waals surface area contributed by atoms with E-state index in [9.17, 15) is 5.11 Å². The number of para-hydroxylation sites is 1. The Morgan fingerprint density at radius 3 is 2.36 bits per heavy atom. The quantitative estimate of drug-likeness (QED) is 0.770. The molecule has 1 saturated heterocycles. The Labute approximate surface area is 147 Å². The van der Waals surface area contributed by atoms with Gasteiger partial charge in [-0.1, -0.05) is 48.5 Å². The number of aromatic nitrogens is 2. The van der Waals surface area contributed by atoms with Crippen LogP contribution in [0.3, 0.4) is 0 Å². The lowest BCUT2D eigenvalue weighted by Crippen LogP contribution is -2.53. The van der Waals surface area contributed by atoms with Crippen molar-refractivity contribution in [3.8, 4) is 11.3 Å². The highest BCUT2D eigenvalue weighted by Gasteiger charge is 2.31. The molecule has 25 heavy (non-hydrogen) atoms. The van der Waals surface area contributed by atoms with Gasteiger partial charge in [-0.15, -0.1) is 0 Å². The van der Waals surface area contributed by atoms with Crippen molar-refractivity contribution in [1.29, 1.82) is 0 Å². The highest BCUT2D eigenvalue weighted by atomic mass is 16.3. The van der Waals surface area contributed by atoms with Crippen LogP contribution in [0.15, 0.2) is 54.6 Å². The first-order chi connectivity index (χ1) is 12.2. The van der Waals surface area contributed by atoms with Gasteiger partial charge in [0.05, 0.1) is 17.8 Å². The molecule has 0 radical (unpaired) electrons. The lowest BCUT2D eigenvalue weighted by molar-refractivity contribution is 0.169. The number of aliphatic hydroxyl groups excluding tert-OH is 1. The first kappa shape index (κ1) is 16.0. The van der Waals surface area contributed by atoms with Crippen LogP contribution in [-0.4, -0.2) is 40.3 Å². The minimum Gasteiger partial charge on any atom is -0.394 e. The Morgan fingerprint density at radius 2 is 1.64 bits per heavy atom. The molecule has 0 atom stereocenters. The maximum Gasteiger partial charge on any atom is 0.226 e. The summed E-state index contributed by atoms with van der Waals surface area (Å²) in [7, 11) is 0. The predicted octanol–water partition coefficient (Wildman–Crippen LogP) is 2.59. The van der Waals surface area contributed by atoms with Crippen molar-refractivity contribution in [2.45, 2.75) is 18.4 Å². The number of nitrogens with two attached hydrogens (primary N) is 1. The normalized spacial score (nSPS) is 17.0. The van der Waals surface area contributed by atoms with E-state index in [-0.39, 0.29) is 6.61 Å². The molecule has 0 bridgehead atoms. The van der Waals surface area contributed by atoms with Crippen molar-refractivity contribution in [3.63, 3.8) is 0 Å². The summed E-state index contributed by atoms with van der Waals surface area (Å²) >= 11 is 0. The molecule has 128 valence electrons. The summed E-state index contributed by atoms with van der Waals surface area (Å²) in [5, 5.41) is 10.5. The summed E-state index contributed by atoms with van der Waals surface area (Å²) in [6.07, 6.45) is 1.47. The lowest BCUT2D eigenvalue weighted by atomic mass is 9.90. The molecule has 5 nitrogen and oxygen atoms in total. The van der Waals surface area contributed by atoms with E-state index < -0.39 is 5.54 Å². The fraction of sp³-hybridized carbons (Fsp3) is 0.300. The monoisotopic (exact) mass is 334 g/mol. The minimum atomic E-state index is -0.477. The van der Waals surface area contributed by atoms with Crippen LogP contribution in [-0.2, 0) is 0 Å². The van der Waals surface area contributed by atoms with Gasteiger partial charge < -0.3 is 15.7 Å². The second-order valence-corrected chi connectivity index (χ2v) is 6.76. The molecule has 2 heterocycles. The van der Waals surface area contributed by atoms with Crippen LogP contribution in [0, 0.1) is 0 Å². The van der Waals surface area contributed by atoms with Gasteiger partial charge in [0.25, 0.3) is 0 Å². The first-order valence-electron chi connectivity index (χ1n) is 8.65. The number of hydrogen-bond donors (Lipinski definition) is 2. The van der Waals surface area contributed by atoms with Crippen molar-refractivity contribution >= 4 is 16.9 Å². The number of piperidine rings is 1. The molecule has 0 aliphatic carbocycles. The highest BCUT2D eigenvalue weighted by Crippen LogP contribution is 2.29. The molecule has 0 saturated carbocycles. The summed E-state index contributed by atoms with van der Waals surface area (Å²) in [5.41, 5.74) is 8.70. The standard InChI is InChI=1S/C20H22N4O/c21-20(14-25)10-12-24(13-11-20)19-22-17-9-5-4-8-16(17)18(23-19)15-6-2-1-3-7-15/h1-9,25H,10-14,21H2. The number of hydrogen-bond acceptors (Lipinski definition) is 5. The van der Waals surface area contributed by atoms with Gasteiger partial charge in [0.1, 0.15) is 0 Å². The van der Waals surface area contributed by atoms with E-state index in [4.69, 9.17) is 15.7 Å². The van der Waals surface area contributed by atoms with Crippen molar-refractivity contribution in [3.05, 3.63) is 54.6 Å². The van der Waals surface area contributed by atoms with Gasteiger partial charge in [0.2, 0.25) is 5.95 Å². The third-order valence-electron chi connectivity index (χ3n) is 5.00. The molecule has 2 aromatic carbocycles. The molecule has 5 heteroatoms. The first-order valence-corrected chi connectivity index (χ1v) is 8.65. The highest BCUT2D eigenvalue weighted by molar-refractivity contribution is 5.93. The largest absolute Gasteiger partial charge is 0.394 e. The second kappa shape index (κ2) is 6.43. The minimum absolute atomic E-state index is 0.0225. The third-order valence-corrected chi connectivity index (χ3v) is 5.00. The summed E-state index contributed by atoms with van der Waals surface area (Å²) in [6, 6.07) is 18.3. The Bertz CT molecular complexity index is 873. The molecule has 0 unspecified atom stereocenters. The van der Waals surface area contributed by atoms with E-state index in [1.807, 2.05) is 36.4 Å². The van der Waals surface area contributed by atoms with Gasteiger partial charge in [-0.05, 0) is 18.9 Å². The smallest absolute Gasteiger partial charge is 0.226 e. The van der Waals surface area contributed by atoms with Crippen LogP contribution in [0.25, 0.3) is 22.2 Å². The van der Waals surface area contributed by atoms with Gasteiger partial charge in [-0.2, -0.15) is 0 Å².